The van der Waals surface area contributed by atoms with Gasteiger partial charge in [0.15, 0.2) is 5.78 Å². The monoisotopic (exact) mass is 533 g/mol. The summed E-state index contributed by atoms with van der Waals surface area (Å²) in [6.45, 7) is 2.41. The first kappa shape index (κ1) is 27.3. The van der Waals surface area contributed by atoms with E-state index in [9.17, 15) is 18.8 Å². The number of hydrogen-bond acceptors (Lipinski definition) is 4. The molecular formula is C31H29ClFNO4. The van der Waals surface area contributed by atoms with Crippen molar-refractivity contribution in [1.82, 2.24) is 4.90 Å². The summed E-state index contributed by atoms with van der Waals surface area (Å²) >= 11 is 6.03. The maximum Gasteiger partial charge on any atom is 0.337 e. The number of allylic oxidation sites excluding steroid dienone is 1. The fourth-order valence-corrected chi connectivity index (χ4v) is 4.96. The van der Waals surface area contributed by atoms with Crippen LogP contribution in [-0.4, -0.2) is 42.3 Å². The number of hydrogen-bond donors (Lipinski definition) is 0. The third-order valence-corrected chi connectivity index (χ3v) is 7.05. The van der Waals surface area contributed by atoms with Crippen LogP contribution in [0.15, 0.2) is 72.8 Å². The molecule has 0 aliphatic carbocycles. The van der Waals surface area contributed by atoms with Gasteiger partial charge in [0, 0.05) is 29.1 Å². The van der Waals surface area contributed by atoms with Gasteiger partial charge in [-0.1, -0.05) is 35.9 Å². The number of aryl methyl sites for hydroxylation is 2. The maximum absolute atomic E-state index is 14.6. The van der Waals surface area contributed by atoms with E-state index < -0.39 is 5.82 Å². The Balaban J connectivity index is 1.39. The topological polar surface area (TPSA) is 63.7 Å². The van der Waals surface area contributed by atoms with Crippen molar-refractivity contribution in [2.75, 3.05) is 13.7 Å². The summed E-state index contributed by atoms with van der Waals surface area (Å²) < 4.78 is 19.3. The molecule has 1 atom stereocenters. The fraction of sp³-hybridized carbons (Fsp3) is 0.258. The van der Waals surface area contributed by atoms with Crippen molar-refractivity contribution in [3.63, 3.8) is 0 Å². The molecule has 0 saturated carbocycles. The number of likely N-dealkylation sites (tertiary alicyclic amines) is 1. The lowest BCUT2D eigenvalue weighted by Crippen LogP contribution is -2.33. The zero-order chi connectivity index (χ0) is 27.2. The van der Waals surface area contributed by atoms with Crippen LogP contribution in [0.1, 0.15) is 51.1 Å². The molecule has 0 radical (unpaired) electrons. The first-order valence-electron chi connectivity index (χ1n) is 12.5. The molecule has 1 aliphatic rings. The van der Waals surface area contributed by atoms with Gasteiger partial charge < -0.3 is 9.64 Å². The Bertz CT molecular complexity index is 1380. The summed E-state index contributed by atoms with van der Waals surface area (Å²) in [5.74, 6) is -0.970. The molecule has 1 aliphatic heterocycles. The third kappa shape index (κ3) is 6.37. The lowest BCUT2D eigenvalue weighted by Gasteiger charge is -2.22. The normalized spacial score (nSPS) is 15.3. The molecule has 4 rings (SSSR count). The Morgan fingerprint density at radius 2 is 1.79 bits per heavy atom. The van der Waals surface area contributed by atoms with E-state index in [1.54, 1.807) is 47.4 Å². The van der Waals surface area contributed by atoms with E-state index >= 15 is 0 Å². The number of methoxy groups -OCH3 is 1. The van der Waals surface area contributed by atoms with Gasteiger partial charge in [0.25, 0.3) is 0 Å². The minimum absolute atomic E-state index is 0.0652. The molecule has 3 aromatic rings. The fourth-order valence-electron chi connectivity index (χ4n) is 4.73. The van der Waals surface area contributed by atoms with Gasteiger partial charge >= 0.3 is 5.97 Å². The molecule has 0 unspecified atom stereocenters. The number of ether oxygens (including phenoxy) is 1. The summed E-state index contributed by atoms with van der Waals surface area (Å²) in [5, 5.41) is 0.564. The molecule has 196 valence electrons. The van der Waals surface area contributed by atoms with Gasteiger partial charge in [-0.3, -0.25) is 9.59 Å². The number of nitrogens with zero attached hydrogens (tertiary/aromatic N) is 1. The Kier molecular flexibility index (Phi) is 8.74. The van der Waals surface area contributed by atoms with Crippen molar-refractivity contribution in [3.8, 4) is 11.1 Å². The summed E-state index contributed by atoms with van der Waals surface area (Å²) in [4.78, 5) is 38.8. The average molecular weight is 534 g/mol. The van der Waals surface area contributed by atoms with Crippen molar-refractivity contribution < 1.29 is 23.5 Å². The molecule has 7 heteroatoms. The second-order valence-electron chi connectivity index (χ2n) is 9.36. The highest BCUT2D eigenvalue weighted by Gasteiger charge is 2.28. The van der Waals surface area contributed by atoms with Crippen molar-refractivity contribution in [3.05, 3.63) is 106 Å². The summed E-state index contributed by atoms with van der Waals surface area (Å²) in [6, 6.07) is 16.6. The van der Waals surface area contributed by atoms with E-state index in [0.29, 0.717) is 46.7 Å². The lowest BCUT2D eigenvalue weighted by molar-refractivity contribution is -0.128. The second kappa shape index (κ2) is 12.2. The highest BCUT2D eigenvalue weighted by atomic mass is 35.5. The van der Waals surface area contributed by atoms with E-state index in [4.69, 9.17) is 16.3 Å². The Morgan fingerprint density at radius 3 is 2.50 bits per heavy atom. The van der Waals surface area contributed by atoms with Gasteiger partial charge in [-0.15, -0.1) is 0 Å². The SMILES string of the molecule is COC(=O)c1ccc(CCCN2C(=O)CC[C@@H]2/C=C/C(=O)c2ccc(F)c(-c3ccc(Cl)cc3C)c2)cc1. The van der Waals surface area contributed by atoms with Crippen LogP contribution in [0.3, 0.4) is 0 Å². The van der Waals surface area contributed by atoms with Gasteiger partial charge in [0.2, 0.25) is 5.91 Å². The molecule has 3 aromatic carbocycles. The number of amides is 1. The quantitative estimate of drug-likeness (QED) is 0.176. The van der Waals surface area contributed by atoms with Crippen LogP contribution in [0.2, 0.25) is 5.02 Å². The van der Waals surface area contributed by atoms with E-state index in [1.165, 1.54) is 25.3 Å². The van der Waals surface area contributed by atoms with E-state index in [2.05, 4.69) is 0 Å². The molecule has 0 N–H and O–H groups in total. The number of ketones is 1. The molecule has 0 aromatic heterocycles. The van der Waals surface area contributed by atoms with E-state index in [0.717, 1.165) is 24.0 Å². The molecule has 1 heterocycles. The zero-order valence-corrected chi connectivity index (χ0v) is 22.1. The Hall–Kier alpha value is -3.77. The predicted molar refractivity (Wildman–Crippen MR) is 146 cm³/mol. The summed E-state index contributed by atoms with van der Waals surface area (Å²) in [5.41, 5.74) is 3.77. The second-order valence-corrected chi connectivity index (χ2v) is 9.80. The predicted octanol–water partition coefficient (Wildman–Crippen LogP) is 6.60. The zero-order valence-electron chi connectivity index (χ0n) is 21.4. The molecule has 38 heavy (non-hydrogen) atoms. The smallest absolute Gasteiger partial charge is 0.337 e. The van der Waals surface area contributed by atoms with Crippen LogP contribution in [-0.2, 0) is 16.0 Å². The molecular weight excluding hydrogens is 505 g/mol. The standard InChI is InChI=1S/C31H29ClFNO4/c1-20-18-24(32)10-13-26(20)27-19-23(9-14-28(27)33)29(35)15-11-25-12-16-30(36)34(25)17-3-4-21-5-7-22(8-6-21)31(37)38-2/h5-11,13-15,18-19,25H,3-4,12,16-17H2,1-2H3/b15-11+/t25-/m0/s1. The number of carbonyl (C=O) groups is 3. The van der Waals surface area contributed by atoms with Crippen molar-refractivity contribution >= 4 is 29.3 Å². The molecule has 1 fully saturated rings. The van der Waals surface area contributed by atoms with Gasteiger partial charge in [0.1, 0.15) is 5.82 Å². The van der Waals surface area contributed by atoms with Gasteiger partial charge in [-0.25, -0.2) is 9.18 Å². The first-order valence-corrected chi connectivity index (χ1v) is 12.9. The van der Waals surface area contributed by atoms with E-state index in [-0.39, 0.29) is 23.7 Å². The third-order valence-electron chi connectivity index (χ3n) is 6.81. The number of halogens is 2. The Labute approximate surface area is 226 Å². The molecule has 1 amide bonds. The number of rotatable bonds is 9. The molecule has 5 nitrogen and oxygen atoms in total. The molecule has 0 bridgehead atoms. The maximum atomic E-state index is 14.6. The van der Waals surface area contributed by atoms with Crippen molar-refractivity contribution in [2.45, 2.75) is 38.6 Å². The molecule has 0 spiro atoms. The lowest BCUT2D eigenvalue weighted by atomic mass is 9.97. The van der Waals surface area contributed by atoms with Crippen LogP contribution < -0.4 is 0 Å². The van der Waals surface area contributed by atoms with Crippen molar-refractivity contribution in [1.29, 1.82) is 0 Å². The largest absolute Gasteiger partial charge is 0.465 e. The summed E-state index contributed by atoms with van der Waals surface area (Å²) in [7, 11) is 1.35. The average Bonchev–Trinajstić information content (AvgIpc) is 3.26. The van der Waals surface area contributed by atoms with Crippen LogP contribution in [0.5, 0.6) is 0 Å². The minimum atomic E-state index is -0.413. The van der Waals surface area contributed by atoms with Crippen LogP contribution in [0.25, 0.3) is 11.1 Å². The van der Waals surface area contributed by atoms with Crippen LogP contribution >= 0.6 is 11.6 Å². The first-order chi connectivity index (χ1) is 18.3. The van der Waals surface area contributed by atoms with Gasteiger partial charge in [0.05, 0.1) is 18.7 Å². The van der Waals surface area contributed by atoms with Crippen molar-refractivity contribution in [2.24, 2.45) is 0 Å². The number of benzene rings is 3. The van der Waals surface area contributed by atoms with Gasteiger partial charge in [-0.2, -0.15) is 0 Å². The highest BCUT2D eigenvalue weighted by Crippen LogP contribution is 2.29. The van der Waals surface area contributed by atoms with E-state index in [1.807, 2.05) is 19.1 Å². The number of carbonyl (C=O) groups excluding carboxylic acids is 3. The number of esters is 1. The highest BCUT2D eigenvalue weighted by molar-refractivity contribution is 6.30. The minimum Gasteiger partial charge on any atom is -0.465 e. The van der Waals surface area contributed by atoms with Gasteiger partial charge in [-0.05, 0) is 91.4 Å². The summed E-state index contributed by atoms with van der Waals surface area (Å²) in [6.07, 6.45) is 5.84. The Morgan fingerprint density at radius 1 is 1.05 bits per heavy atom. The van der Waals surface area contributed by atoms with Crippen LogP contribution in [0, 0.1) is 12.7 Å². The molecule has 1 saturated heterocycles. The van der Waals surface area contributed by atoms with Crippen LogP contribution in [0.4, 0.5) is 4.39 Å².